The molecule has 2 aromatic carbocycles. The third-order valence-corrected chi connectivity index (χ3v) is 2.88. The van der Waals surface area contributed by atoms with Gasteiger partial charge in [-0.25, -0.2) is 4.39 Å². The van der Waals surface area contributed by atoms with Crippen molar-refractivity contribution in [2.24, 2.45) is 0 Å². The fraction of sp³-hybridized carbons (Fsp3) is 0.133. The predicted molar refractivity (Wildman–Crippen MR) is 78.4 cm³/mol. The third-order valence-electron chi connectivity index (χ3n) is 2.88. The number of nitrogens with one attached hydrogen (secondary N) is 1. The lowest BCUT2D eigenvalue weighted by Gasteiger charge is -2.09. The number of nitro benzene ring substituents is 1. The van der Waals surface area contributed by atoms with Gasteiger partial charge < -0.3 is 10.1 Å². The molecule has 0 aliphatic heterocycles. The van der Waals surface area contributed by atoms with Crippen molar-refractivity contribution in [2.75, 3.05) is 11.9 Å². The second-order valence-corrected chi connectivity index (χ2v) is 4.52. The van der Waals surface area contributed by atoms with Crippen LogP contribution in [0.15, 0.2) is 42.5 Å². The van der Waals surface area contributed by atoms with Gasteiger partial charge in [0, 0.05) is 11.8 Å². The van der Waals surface area contributed by atoms with Crippen LogP contribution in [0.1, 0.15) is 5.56 Å². The average molecular weight is 304 g/mol. The summed E-state index contributed by atoms with van der Waals surface area (Å²) in [6.45, 7) is 1.27. The molecule has 1 N–H and O–H groups in total. The van der Waals surface area contributed by atoms with Crippen molar-refractivity contribution < 1.29 is 18.8 Å². The summed E-state index contributed by atoms with van der Waals surface area (Å²) in [7, 11) is 0. The molecule has 0 heterocycles. The van der Waals surface area contributed by atoms with Crippen molar-refractivity contribution in [3.63, 3.8) is 0 Å². The number of nitrogens with zero attached hydrogens (tertiary/aromatic N) is 1. The first kappa shape index (κ1) is 15.4. The molecule has 0 saturated heterocycles. The number of anilines is 1. The van der Waals surface area contributed by atoms with E-state index in [9.17, 15) is 19.3 Å². The molecule has 0 atom stereocenters. The van der Waals surface area contributed by atoms with Crippen LogP contribution in [0.5, 0.6) is 5.75 Å². The number of hydrogen-bond donors (Lipinski definition) is 1. The Bertz CT molecular complexity index is 718. The molecule has 0 aliphatic rings. The highest BCUT2D eigenvalue weighted by atomic mass is 19.1. The maximum Gasteiger partial charge on any atom is 0.310 e. The van der Waals surface area contributed by atoms with Gasteiger partial charge in [-0.2, -0.15) is 0 Å². The van der Waals surface area contributed by atoms with E-state index >= 15 is 0 Å². The van der Waals surface area contributed by atoms with Crippen LogP contribution >= 0.6 is 0 Å². The van der Waals surface area contributed by atoms with Crippen molar-refractivity contribution in [1.82, 2.24) is 0 Å². The molecular formula is C15H13FN2O4. The van der Waals surface area contributed by atoms with Crippen molar-refractivity contribution >= 4 is 17.3 Å². The molecule has 0 spiro atoms. The van der Waals surface area contributed by atoms with Crippen LogP contribution in [0, 0.1) is 22.9 Å². The lowest BCUT2D eigenvalue weighted by Crippen LogP contribution is -2.21. The number of carbonyl (C=O) groups excluding carboxylic acids is 1. The molecule has 0 bridgehead atoms. The van der Waals surface area contributed by atoms with Gasteiger partial charge >= 0.3 is 5.69 Å². The zero-order valence-electron chi connectivity index (χ0n) is 11.7. The Labute approximate surface area is 125 Å². The number of nitro groups is 1. The molecule has 0 fully saturated rings. The number of rotatable bonds is 5. The van der Waals surface area contributed by atoms with E-state index in [1.54, 1.807) is 13.0 Å². The molecule has 0 radical (unpaired) electrons. The summed E-state index contributed by atoms with van der Waals surface area (Å²) in [5.41, 5.74) is 0.810. The zero-order chi connectivity index (χ0) is 16.1. The average Bonchev–Trinajstić information content (AvgIpc) is 2.48. The van der Waals surface area contributed by atoms with Crippen LogP contribution in [0.3, 0.4) is 0 Å². The van der Waals surface area contributed by atoms with Crippen molar-refractivity contribution in [1.29, 1.82) is 0 Å². The highest BCUT2D eigenvalue weighted by Crippen LogP contribution is 2.25. The quantitative estimate of drug-likeness (QED) is 0.680. The first-order chi connectivity index (χ1) is 10.5. The number of carbonyl (C=O) groups is 1. The summed E-state index contributed by atoms with van der Waals surface area (Å²) in [5.74, 6) is -0.877. The summed E-state index contributed by atoms with van der Waals surface area (Å²) >= 11 is 0. The zero-order valence-corrected chi connectivity index (χ0v) is 11.7. The number of halogens is 1. The van der Waals surface area contributed by atoms with Crippen molar-refractivity contribution in [2.45, 2.75) is 6.92 Å². The van der Waals surface area contributed by atoms with Crippen molar-refractivity contribution in [3.8, 4) is 5.75 Å². The molecule has 2 aromatic rings. The molecule has 0 unspecified atom stereocenters. The minimum absolute atomic E-state index is 0.0125. The van der Waals surface area contributed by atoms with E-state index in [0.717, 1.165) is 0 Å². The molecule has 1 amide bonds. The van der Waals surface area contributed by atoms with Crippen LogP contribution in [-0.2, 0) is 4.79 Å². The normalized spacial score (nSPS) is 10.1. The van der Waals surface area contributed by atoms with Gasteiger partial charge in [0.15, 0.2) is 12.4 Å². The fourth-order valence-electron chi connectivity index (χ4n) is 1.83. The number of hydrogen-bond acceptors (Lipinski definition) is 4. The summed E-state index contributed by atoms with van der Waals surface area (Å²) in [6.07, 6.45) is 0. The smallest absolute Gasteiger partial charge is 0.310 e. The molecule has 22 heavy (non-hydrogen) atoms. The second-order valence-electron chi connectivity index (χ2n) is 4.52. The van der Waals surface area contributed by atoms with Gasteiger partial charge in [0.2, 0.25) is 0 Å². The minimum atomic E-state index is -0.586. The molecular weight excluding hydrogens is 291 g/mol. The number of para-hydroxylation sites is 2. The Morgan fingerprint density at radius 2 is 2.05 bits per heavy atom. The monoisotopic (exact) mass is 304 g/mol. The Kier molecular flexibility index (Phi) is 4.67. The molecule has 0 saturated carbocycles. The standard InChI is InChI=1S/C15H13FN2O4/c1-10-8-11(16)6-7-12(10)17-15(19)9-22-14-5-3-2-4-13(14)18(20)21/h2-8H,9H2,1H3,(H,17,19). The van der Waals surface area contributed by atoms with E-state index in [-0.39, 0.29) is 18.0 Å². The first-order valence-corrected chi connectivity index (χ1v) is 6.39. The van der Waals surface area contributed by atoms with Crippen LogP contribution in [0.2, 0.25) is 0 Å². The maximum absolute atomic E-state index is 13.0. The Morgan fingerprint density at radius 3 is 2.73 bits per heavy atom. The maximum atomic E-state index is 13.0. The first-order valence-electron chi connectivity index (χ1n) is 6.39. The van der Waals surface area contributed by atoms with E-state index < -0.39 is 16.6 Å². The van der Waals surface area contributed by atoms with Gasteiger partial charge in [-0.15, -0.1) is 0 Å². The highest BCUT2D eigenvalue weighted by molar-refractivity contribution is 5.92. The van der Waals surface area contributed by atoms with Crippen LogP contribution in [-0.4, -0.2) is 17.4 Å². The number of aryl methyl sites for hydroxylation is 1. The predicted octanol–water partition coefficient (Wildman–Crippen LogP) is 3.06. The van der Waals surface area contributed by atoms with Gasteiger partial charge in [0.1, 0.15) is 5.82 Å². The largest absolute Gasteiger partial charge is 0.477 e. The fourth-order valence-corrected chi connectivity index (χ4v) is 1.83. The number of ether oxygens (including phenoxy) is 1. The Balaban J connectivity index is 2.00. The summed E-state index contributed by atoms with van der Waals surface area (Å²) in [6, 6.07) is 9.74. The minimum Gasteiger partial charge on any atom is -0.477 e. The lowest BCUT2D eigenvalue weighted by atomic mass is 10.2. The number of amides is 1. The molecule has 7 heteroatoms. The van der Waals surface area contributed by atoms with Crippen LogP contribution in [0.25, 0.3) is 0 Å². The topological polar surface area (TPSA) is 81.5 Å². The highest BCUT2D eigenvalue weighted by Gasteiger charge is 2.15. The Hall–Kier alpha value is -2.96. The molecule has 2 rings (SSSR count). The summed E-state index contributed by atoms with van der Waals surface area (Å²) in [5, 5.41) is 13.4. The van der Waals surface area contributed by atoms with Gasteiger partial charge in [-0.05, 0) is 36.8 Å². The molecule has 114 valence electrons. The van der Waals surface area contributed by atoms with Crippen LogP contribution < -0.4 is 10.1 Å². The van der Waals surface area contributed by atoms with Gasteiger partial charge in [0.05, 0.1) is 4.92 Å². The molecule has 0 aromatic heterocycles. The van der Waals surface area contributed by atoms with E-state index in [4.69, 9.17) is 4.74 Å². The van der Waals surface area contributed by atoms with E-state index in [1.165, 1.54) is 36.4 Å². The second kappa shape index (κ2) is 6.66. The Morgan fingerprint density at radius 1 is 1.32 bits per heavy atom. The molecule has 6 nitrogen and oxygen atoms in total. The van der Waals surface area contributed by atoms with E-state index in [1.807, 2.05) is 0 Å². The van der Waals surface area contributed by atoms with Gasteiger partial charge in [-0.1, -0.05) is 12.1 Å². The van der Waals surface area contributed by atoms with Gasteiger partial charge in [-0.3, -0.25) is 14.9 Å². The summed E-state index contributed by atoms with van der Waals surface area (Å²) in [4.78, 5) is 22.0. The lowest BCUT2D eigenvalue weighted by molar-refractivity contribution is -0.385. The van der Waals surface area contributed by atoms with Crippen molar-refractivity contribution in [3.05, 3.63) is 64.0 Å². The van der Waals surface area contributed by atoms with Crippen LogP contribution in [0.4, 0.5) is 15.8 Å². The SMILES string of the molecule is Cc1cc(F)ccc1NC(=O)COc1ccccc1[N+](=O)[O-]. The molecule has 0 aliphatic carbocycles. The third kappa shape index (κ3) is 3.78. The number of benzene rings is 2. The summed E-state index contributed by atoms with van der Waals surface area (Å²) < 4.78 is 18.1. The van der Waals surface area contributed by atoms with E-state index in [0.29, 0.717) is 11.3 Å². The van der Waals surface area contributed by atoms with E-state index in [2.05, 4.69) is 5.32 Å². The van der Waals surface area contributed by atoms with Gasteiger partial charge in [0.25, 0.3) is 5.91 Å².